The van der Waals surface area contributed by atoms with Gasteiger partial charge in [0, 0.05) is 12.8 Å². The Morgan fingerprint density at radius 1 is 1.12 bits per heavy atom. The number of carbonyl (C=O) groups excluding carboxylic acids is 2. The minimum atomic E-state index is -1.92. The second-order valence-corrected chi connectivity index (χ2v) is 8.52. The van der Waals surface area contributed by atoms with Crippen LogP contribution in [0.1, 0.15) is 30.5 Å². The minimum Gasteiger partial charge on any atom is -0.508 e. The summed E-state index contributed by atoms with van der Waals surface area (Å²) in [6.45, 7) is 3.60. The third-order valence-corrected chi connectivity index (χ3v) is 5.94. The Balaban J connectivity index is 1.78. The van der Waals surface area contributed by atoms with Crippen LogP contribution in [-0.2, 0) is 31.9 Å². The smallest absolute Gasteiger partial charge is 0.375 e. The minimum absolute atomic E-state index is 0.0149. The summed E-state index contributed by atoms with van der Waals surface area (Å²) in [7, 11) is 1.17. The topological polar surface area (TPSA) is 123 Å². The average molecular weight is 440 g/mol. The molecule has 0 unspecified atom stereocenters. The molecule has 0 fully saturated rings. The van der Waals surface area contributed by atoms with Gasteiger partial charge in [-0.15, -0.1) is 0 Å². The molecule has 3 N–H and O–H groups in total. The Morgan fingerprint density at radius 2 is 1.81 bits per heavy atom. The molecule has 8 heteroatoms. The molecular formula is C24H24O8. The Labute approximate surface area is 184 Å². The zero-order valence-electron chi connectivity index (χ0n) is 17.9. The molecule has 0 spiro atoms. The van der Waals surface area contributed by atoms with Crippen molar-refractivity contribution in [3.05, 3.63) is 64.9 Å². The van der Waals surface area contributed by atoms with Gasteiger partial charge < -0.3 is 29.5 Å². The molecule has 0 saturated carbocycles. The number of esters is 2. The molecule has 2 aromatic rings. The van der Waals surface area contributed by atoms with E-state index in [0.717, 1.165) is 5.56 Å². The third-order valence-electron chi connectivity index (χ3n) is 5.94. The number of phenolic OH excluding ortho intramolecular Hbond substituents is 1. The van der Waals surface area contributed by atoms with Crippen LogP contribution in [0.25, 0.3) is 5.57 Å². The van der Waals surface area contributed by atoms with Crippen LogP contribution in [0, 0.1) is 0 Å². The molecule has 8 nitrogen and oxygen atoms in total. The normalized spacial score (nSPS) is 23.9. The predicted octanol–water partition coefficient (Wildman–Crippen LogP) is 2.45. The van der Waals surface area contributed by atoms with Crippen LogP contribution in [0.5, 0.6) is 11.5 Å². The molecule has 32 heavy (non-hydrogen) atoms. The standard InChI is InChI=1S/C24H24O8/c1-23(2)18(26)11-15-10-13(4-9-17(15)31-23)12-24(22(29)30-3)19(20(27)21(28)32-24)14-5-7-16(25)8-6-14/h4-10,18,25-27H,11-12H2,1-3H3/t18-,24-/m1/s1. The highest BCUT2D eigenvalue weighted by Crippen LogP contribution is 2.43. The van der Waals surface area contributed by atoms with Crippen molar-refractivity contribution in [2.75, 3.05) is 7.11 Å². The van der Waals surface area contributed by atoms with Gasteiger partial charge in [0.1, 0.15) is 17.1 Å². The summed E-state index contributed by atoms with van der Waals surface area (Å²) in [4.78, 5) is 25.3. The zero-order valence-corrected chi connectivity index (χ0v) is 17.9. The highest BCUT2D eigenvalue weighted by atomic mass is 16.6. The molecule has 2 heterocycles. The van der Waals surface area contributed by atoms with Gasteiger partial charge in [0.15, 0.2) is 0 Å². The molecule has 4 rings (SSSR count). The van der Waals surface area contributed by atoms with Crippen LogP contribution in [0.3, 0.4) is 0 Å². The number of cyclic esters (lactones) is 1. The Morgan fingerprint density at radius 3 is 2.47 bits per heavy atom. The van der Waals surface area contributed by atoms with Crippen molar-refractivity contribution in [1.82, 2.24) is 0 Å². The van der Waals surface area contributed by atoms with E-state index in [-0.39, 0.29) is 17.7 Å². The fourth-order valence-electron chi connectivity index (χ4n) is 4.15. The fraction of sp³-hybridized carbons (Fsp3) is 0.333. The number of carbonyl (C=O) groups is 2. The van der Waals surface area contributed by atoms with Gasteiger partial charge in [-0.1, -0.05) is 24.3 Å². The second-order valence-electron chi connectivity index (χ2n) is 8.52. The van der Waals surface area contributed by atoms with Crippen molar-refractivity contribution in [3.8, 4) is 11.5 Å². The number of phenols is 1. The van der Waals surface area contributed by atoms with E-state index >= 15 is 0 Å². The van der Waals surface area contributed by atoms with Crippen molar-refractivity contribution in [1.29, 1.82) is 0 Å². The van der Waals surface area contributed by atoms with Crippen molar-refractivity contribution < 1.29 is 39.1 Å². The average Bonchev–Trinajstić information content (AvgIpc) is 2.99. The maximum Gasteiger partial charge on any atom is 0.375 e. The van der Waals surface area contributed by atoms with E-state index in [9.17, 15) is 24.9 Å². The van der Waals surface area contributed by atoms with Gasteiger partial charge in [-0.3, -0.25) is 0 Å². The highest BCUT2D eigenvalue weighted by molar-refractivity contribution is 6.11. The van der Waals surface area contributed by atoms with E-state index in [2.05, 4.69) is 0 Å². The van der Waals surface area contributed by atoms with Crippen LogP contribution < -0.4 is 4.74 Å². The number of hydrogen-bond acceptors (Lipinski definition) is 8. The zero-order chi connectivity index (χ0) is 23.3. The van der Waals surface area contributed by atoms with Gasteiger partial charge in [-0.25, -0.2) is 9.59 Å². The Hall–Kier alpha value is -3.52. The summed E-state index contributed by atoms with van der Waals surface area (Å²) in [5.41, 5.74) is -1.00. The number of rotatable bonds is 4. The summed E-state index contributed by atoms with van der Waals surface area (Å²) >= 11 is 0. The molecule has 0 aliphatic carbocycles. The summed E-state index contributed by atoms with van der Waals surface area (Å²) in [5, 5.41) is 30.5. The van der Waals surface area contributed by atoms with E-state index in [4.69, 9.17) is 14.2 Å². The quantitative estimate of drug-likeness (QED) is 0.620. The van der Waals surface area contributed by atoms with E-state index in [1.165, 1.54) is 31.4 Å². The van der Waals surface area contributed by atoms with E-state index in [1.54, 1.807) is 32.0 Å². The van der Waals surface area contributed by atoms with Crippen LogP contribution >= 0.6 is 0 Å². The lowest BCUT2D eigenvalue weighted by Crippen LogP contribution is -2.46. The molecule has 0 aromatic heterocycles. The lowest BCUT2D eigenvalue weighted by Gasteiger charge is -2.37. The number of aliphatic hydroxyl groups is 2. The van der Waals surface area contributed by atoms with Crippen LogP contribution in [-0.4, -0.2) is 51.7 Å². The number of aromatic hydroxyl groups is 1. The molecule has 0 amide bonds. The highest BCUT2D eigenvalue weighted by Gasteiger charge is 2.55. The van der Waals surface area contributed by atoms with Gasteiger partial charge in [-0.05, 0) is 48.7 Å². The molecule has 2 aromatic carbocycles. The molecule has 2 aliphatic heterocycles. The first kappa shape index (κ1) is 21.7. The largest absolute Gasteiger partial charge is 0.508 e. The molecular weight excluding hydrogens is 416 g/mol. The lowest BCUT2D eigenvalue weighted by atomic mass is 9.82. The van der Waals surface area contributed by atoms with Crippen molar-refractivity contribution in [3.63, 3.8) is 0 Å². The molecule has 168 valence electrons. The summed E-state index contributed by atoms with van der Waals surface area (Å²) in [6.07, 6.45) is -0.480. The van der Waals surface area contributed by atoms with Gasteiger partial charge in [0.2, 0.25) is 11.4 Å². The fourth-order valence-corrected chi connectivity index (χ4v) is 4.15. The van der Waals surface area contributed by atoms with Gasteiger partial charge in [0.25, 0.3) is 0 Å². The van der Waals surface area contributed by atoms with Crippen LogP contribution in [0.15, 0.2) is 48.2 Å². The van der Waals surface area contributed by atoms with Crippen molar-refractivity contribution in [2.45, 2.75) is 44.0 Å². The lowest BCUT2D eigenvalue weighted by molar-refractivity contribution is -0.169. The Bertz CT molecular complexity index is 1120. The SMILES string of the molecule is COC(=O)[C@]1(Cc2ccc3c(c2)C[C@@H](O)C(C)(C)O3)OC(=O)C(O)=C1c1ccc(O)cc1. The summed E-state index contributed by atoms with van der Waals surface area (Å²) in [5.74, 6) is -1.99. The monoisotopic (exact) mass is 440 g/mol. The predicted molar refractivity (Wildman–Crippen MR) is 113 cm³/mol. The summed E-state index contributed by atoms with van der Waals surface area (Å²) < 4.78 is 16.3. The number of aliphatic hydroxyl groups excluding tert-OH is 2. The first-order valence-corrected chi connectivity index (χ1v) is 10.1. The number of methoxy groups -OCH3 is 1. The van der Waals surface area contributed by atoms with Gasteiger partial charge >= 0.3 is 11.9 Å². The summed E-state index contributed by atoms with van der Waals surface area (Å²) in [6, 6.07) is 10.9. The third kappa shape index (κ3) is 3.46. The number of ether oxygens (including phenoxy) is 3. The molecule has 2 aliphatic rings. The van der Waals surface area contributed by atoms with Crippen LogP contribution in [0.2, 0.25) is 0 Å². The first-order chi connectivity index (χ1) is 15.1. The molecule has 0 saturated heterocycles. The first-order valence-electron chi connectivity index (χ1n) is 10.1. The van der Waals surface area contributed by atoms with Gasteiger partial charge in [-0.2, -0.15) is 0 Å². The maximum atomic E-state index is 12.9. The maximum absolute atomic E-state index is 12.9. The second kappa shape index (κ2) is 7.56. The van der Waals surface area contributed by atoms with Crippen molar-refractivity contribution in [2.24, 2.45) is 0 Å². The van der Waals surface area contributed by atoms with Gasteiger partial charge in [0.05, 0.1) is 18.8 Å². The van der Waals surface area contributed by atoms with E-state index in [0.29, 0.717) is 23.3 Å². The molecule has 0 bridgehead atoms. The van der Waals surface area contributed by atoms with Crippen LogP contribution in [0.4, 0.5) is 0 Å². The van der Waals surface area contributed by atoms with E-state index < -0.39 is 35.0 Å². The van der Waals surface area contributed by atoms with E-state index in [1.807, 2.05) is 0 Å². The number of fused-ring (bicyclic) bond motifs is 1. The number of hydrogen-bond donors (Lipinski definition) is 3. The molecule has 0 radical (unpaired) electrons. The van der Waals surface area contributed by atoms with Crippen molar-refractivity contribution >= 4 is 17.5 Å². The Kier molecular flexibility index (Phi) is 5.13. The number of benzene rings is 2. The molecule has 2 atom stereocenters.